The number of thiophene rings is 1. The number of aliphatic hydroxyl groups is 1. The van der Waals surface area contributed by atoms with E-state index in [2.05, 4.69) is 21.4 Å². The van der Waals surface area contributed by atoms with E-state index in [9.17, 15) is 24.3 Å². The number of urea groups is 2. The Morgan fingerprint density at radius 1 is 0.886 bits per heavy atom. The van der Waals surface area contributed by atoms with Crippen molar-refractivity contribution in [3.05, 3.63) is 58.3 Å². The number of carbonyl (C=O) groups excluding carboxylic acids is 4. The summed E-state index contributed by atoms with van der Waals surface area (Å²) in [6, 6.07) is 11.3. The SMILES string of the molecule is CC(C)[C@H](NC(=O)N(C)C)C(=O)NN(Cc1cccs1)C[C@H](CCc1ccccc1)NC(=O)[C@@](O)(NC(=O)N(C)C)C(C)C. The van der Waals surface area contributed by atoms with Crippen molar-refractivity contribution in [3.63, 3.8) is 0 Å². The minimum Gasteiger partial charge on any atom is -0.363 e. The van der Waals surface area contributed by atoms with Crippen molar-refractivity contribution >= 4 is 35.2 Å². The van der Waals surface area contributed by atoms with Crippen molar-refractivity contribution in [2.75, 3.05) is 34.7 Å². The summed E-state index contributed by atoms with van der Waals surface area (Å²) in [5, 5.41) is 23.2. The molecule has 1 aromatic carbocycles. The number of amides is 6. The molecular weight excluding hydrogens is 582 g/mol. The topological polar surface area (TPSA) is 146 Å². The fourth-order valence-electron chi connectivity index (χ4n) is 4.26. The largest absolute Gasteiger partial charge is 0.363 e. The summed E-state index contributed by atoms with van der Waals surface area (Å²) in [6.07, 6.45) is 1.09. The van der Waals surface area contributed by atoms with Crippen LogP contribution >= 0.6 is 11.3 Å². The molecule has 0 saturated carbocycles. The lowest BCUT2D eigenvalue weighted by molar-refractivity contribution is -0.148. The van der Waals surface area contributed by atoms with Crippen LogP contribution in [-0.2, 0) is 22.6 Å². The summed E-state index contributed by atoms with van der Waals surface area (Å²) in [5.41, 5.74) is 1.86. The number of rotatable bonds is 15. The van der Waals surface area contributed by atoms with Crippen molar-refractivity contribution in [1.29, 1.82) is 0 Å². The highest BCUT2D eigenvalue weighted by atomic mass is 32.1. The highest BCUT2D eigenvalue weighted by Crippen LogP contribution is 2.17. The average Bonchev–Trinajstić information content (AvgIpc) is 3.47. The molecule has 2 rings (SSSR count). The molecule has 0 aliphatic heterocycles. The van der Waals surface area contributed by atoms with Crippen molar-refractivity contribution < 1.29 is 24.3 Å². The van der Waals surface area contributed by atoms with Gasteiger partial charge in [-0.15, -0.1) is 11.3 Å². The van der Waals surface area contributed by atoms with Crippen LogP contribution in [0.15, 0.2) is 47.8 Å². The number of benzene rings is 1. The first-order valence-electron chi connectivity index (χ1n) is 14.8. The predicted molar refractivity (Wildman–Crippen MR) is 172 cm³/mol. The van der Waals surface area contributed by atoms with E-state index in [0.29, 0.717) is 19.4 Å². The van der Waals surface area contributed by atoms with Gasteiger partial charge in [-0.3, -0.25) is 15.0 Å². The first-order chi connectivity index (χ1) is 20.6. The molecule has 6 amide bonds. The molecule has 0 fully saturated rings. The fraction of sp³-hybridized carbons (Fsp3) is 0.548. The van der Waals surface area contributed by atoms with Gasteiger partial charge in [-0.05, 0) is 35.8 Å². The van der Waals surface area contributed by atoms with Crippen LogP contribution in [0.3, 0.4) is 0 Å². The Morgan fingerprint density at radius 3 is 2.05 bits per heavy atom. The van der Waals surface area contributed by atoms with E-state index in [1.807, 2.05) is 61.7 Å². The lowest BCUT2D eigenvalue weighted by Crippen LogP contribution is -2.65. The molecule has 44 heavy (non-hydrogen) atoms. The van der Waals surface area contributed by atoms with Gasteiger partial charge < -0.3 is 30.9 Å². The van der Waals surface area contributed by atoms with Gasteiger partial charge in [0.25, 0.3) is 11.8 Å². The van der Waals surface area contributed by atoms with Crippen LogP contribution in [0, 0.1) is 11.8 Å². The van der Waals surface area contributed by atoms with Crippen molar-refractivity contribution in [1.82, 2.24) is 36.2 Å². The van der Waals surface area contributed by atoms with E-state index in [0.717, 1.165) is 10.4 Å². The fourth-order valence-corrected chi connectivity index (χ4v) is 4.98. The zero-order valence-corrected chi connectivity index (χ0v) is 27.9. The maximum Gasteiger partial charge on any atom is 0.319 e. The number of hydrogen-bond donors (Lipinski definition) is 5. The number of carbonyl (C=O) groups is 4. The monoisotopic (exact) mass is 631 g/mol. The second-order valence-electron chi connectivity index (χ2n) is 11.9. The summed E-state index contributed by atoms with van der Waals surface area (Å²) in [7, 11) is 6.25. The first-order valence-corrected chi connectivity index (χ1v) is 15.6. The summed E-state index contributed by atoms with van der Waals surface area (Å²) in [6.45, 7) is 7.52. The van der Waals surface area contributed by atoms with E-state index >= 15 is 0 Å². The average molecular weight is 632 g/mol. The second kappa shape index (κ2) is 17.0. The number of hydrazine groups is 1. The van der Waals surface area contributed by atoms with Crippen LogP contribution in [0.4, 0.5) is 9.59 Å². The highest BCUT2D eigenvalue weighted by molar-refractivity contribution is 7.09. The molecule has 0 spiro atoms. The molecule has 2 aromatic rings. The number of nitrogens with zero attached hydrogens (tertiary/aromatic N) is 3. The molecule has 1 aromatic heterocycles. The molecule has 0 radical (unpaired) electrons. The Bertz CT molecular complexity index is 1210. The highest BCUT2D eigenvalue weighted by Gasteiger charge is 2.42. The third kappa shape index (κ3) is 11.1. The molecule has 244 valence electrons. The Balaban J connectivity index is 2.37. The van der Waals surface area contributed by atoms with Gasteiger partial charge in [0.05, 0.1) is 6.54 Å². The van der Waals surface area contributed by atoms with Crippen LogP contribution in [0.1, 0.15) is 44.6 Å². The number of hydrogen-bond acceptors (Lipinski definition) is 7. The quantitative estimate of drug-likeness (QED) is 0.151. The van der Waals surface area contributed by atoms with E-state index in [-0.39, 0.29) is 18.5 Å². The minimum absolute atomic E-state index is 0.185. The Morgan fingerprint density at radius 2 is 1.52 bits per heavy atom. The zero-order chi connectivity index (χ0) is 33.0. The van der Waals surface area contributed by atoms with Crippen molar-refractivity contribution in [3.8, 4) is 0 Å². The van der Waals surface area contributed by atoms with Crippen LogP contribution in [0.25, 0.3) is 0 Å². The lowest BCUT2D eigenvalue weighted by Gasteiger charge is -2.35. The third-order valence-corrected chi connectivity index (χ3v) is 7.98. The van der Waals surface area contributed by atoms with Gasteiger partial charge >= 0.3 is 12.1 Å². The van der Waals surface area contributed by atoms with Crippen molar-refractivity contribution in [2.24, 2.45) is 11.8 Å². The van der Waals surface area contributed by atoms with E-state index in [1.165, 1.54) is 35.2 Å². The van der Waals surface area contributed by atoms with Gasteiger partial charge in [-0.25, -0.2) is 14.6 Å². The normalized spacial score (nSPS) is 14.0. The standard InChI is InChI=1S/C31H49N7O5S/c1-21(2)26(33-29(41)36(5)6)27(39)35-38(20-25-15-12-18-44-25)19-24(17-16-23-13-10-9-11-14-23)32-28(40)31(43,22(3)4)34-30(42)37(7)8/h9-15,18,21-22,24,26,43H,16-17,19-20H2,1-8H3,(H,32,40)(H,33,41)(H,34,42)(H,35,39)/t24-,26-,31+/m0/s1. The molecule has 12 nitrogen and oxygen atoms in total. The first kappa shape index (κ1) is 36.5. The van der Waals surface area contributed by atoms with Crippen LogP contribution in [-0.4, -0.2) is 96.3 Å². The van der Waals surface area contributed by atoms with Gasteiger partial charge in [-0.1, -0.05) is 64.1 Å². The molecule has 5 N–H and O–H groups in total. The lowest BCUT2D eigenvalue weighted by atomic mass is 9.97. The molecule has 0 unspecified atom stereocenters. The summed E-state index contributed by atoms with van der Waals surface area (Å²) in [4.78, 5) is 55.6. The smallest absolute Gasteiger partial charge is 0.319 e. The molecule has 13 heteroatoms. The maximum absolute atomic E-state index is 13.6. The van der Waals surface area contributed by atoms with Gasteiger partial charge in [-0.2, -0.15) is 0 Å². The van der Waals surface area contributed by atoms with Crippen LogP contribution in [0.2, 0.25) is 0 Å². The Kier molecular flexibility index (Phi) is 14.1. The van der Waals surface area contributed by atoms with E-state index in [4.69, 9.17) is 0 Å². The number of aryl methyl sites for hydroxylation is 1. The number of nitrogens with one attached hydrogen (secondary N) is 4. The molecular formula is C31H49N7O5S. The van der Waals surface area contributed by atoms with Crippen molar-refractivity contribution in [2.45, 2.75) is 64.9 Å². The summed E-state index contributed by atoms with van der Waals surface area (Å²) in [5.74, 6) is -1.98. The van der Waals surface area contributed by atoms with Gasteiger partial charge in [0.2, 0.25) is 5.72 Å². The van der Waals surface area contributed by atoms with Gasteiger partial charge in [0.15, 0.2) is 0 Å². The molecule has 0 aliphatic carbocycles. The molecule has 1 heterocycles. The van der Waals surface area contributed by atoms with Gasteiger partial charge in [0, 0.05) is 51.6 Å². The van der Waals surface area contributed by atoms with E-state index < -0.39 is 41.6 Å². The summed E-state index contributed by atoms with van der Waals surface area (Å²) >= 11 is 1.53. The Hall–Kier alpha value is -3.68. The molecule has 0 bridgehead atoms. The summed E-state index contributed by atoms with van der Waals surface area (Å²) < 4.78 is 0. The molecule has 0 saturated heterocycles. The third-order valence-electron chi connectivity index (χ3n) is 7.12. The van der Waals surface area contributed by atoms with Gasteiger partial charge in [0.1, 0.15) is 6.04 Å². The Labute approximate surface area is 265 Å². The predicted octanol–water partition coefficient (Wildman–Crippen LogP) is 2.61. The molecule has 3 atom stereocenters. The van der Waals surface area contributed by atoms with Crippen LogP contribution in [0.5, 0.6) is 0 Å². The maximum atomic E-state index is 13.6. The molecule has 0 aliphatic rings. The zero-order valence-electron chi connectivity index (χ0n) is 27.1. The second-order valence-corrected chi connectivity index (χ2v) is 13.0. The van der Waals surface area contributed by atoms with E-state index in [1.54, 1.807) is 33.0 Å². The minimum atomic E-state index is -2.17. The van der Waals surface area contributed by atoms with Crippen LogP contribution < -0.4 is 21.4 Å².